The lowest BCUT2D eigenvalue weighted by Crippen LogP contribution is -2.21. The van der Waals surface area contributed by atoms with Gasteiger partial charge < -0.3 is 28.8 Å². The number of hydrogen-bond acceptors (Lipinski definition) is 9. The van der Waals surface area contributed by atoms with E-state index < -0.39 is 6.09 Å². The van der Waals surface area contributed by atoms with Crippen molar-refractivity contribution in [2.24, 2.45) is 0 Å². The molecule has 2 aromatic carbocycles. The van der Waals surface area contributed by atoms with Crippen LogP contribution in [0.2, 0.25) is 0 Å². The topological polar surface area (TPSA) is 113 Å². The summed E-state index contributed by atoms with van der Waals surface area (Å²) in [5.41, 5.74) is 5.11. The Labute approximate surface area is 212 Å². The first-order chi connectivity index (χ1) is 17.6. The zero-order chi connectivity index (χ0) is 25.1. The minimum absolute atomic E-state index is 0.326. The van der Waals surface area contributed by atoms with Crippen LogP contribution in [0, 0.1) is 0 Å². The molecule has 0 aliphatic heterocycles. The van der Waals surface area contributed by atoms with Gasteiger partial charge in [0.15, 0.2) is 11.4 Å². The van der Waals surface area contributed by atoms with Gasteiger partial charge in [-0.1, -0.05) is 5.16 Å². The normalized spacial score (nSPS) is 12.4. The fourth-order valence-electron chi connectivity index (χ4n) is 4.32. The number of fused-ring (bicyclic) bond motifs is 2. The van der Waals surface area contributed by atoms with Gasteiger partial charge in [0.05, 0.1) is 44.4 Å². The first-order valence-electron chi connectivity index (χ1n) is 11.5. The van der Waals surface area contributed by atoms with Crippen LogP contribution in [0.15, 0.2) is 46.1 Å². The Balaban J connectivity index is 1.32. The maximum atomic E-state index is 11.3. The fraction of sp³-hybridized carbons (Fsp3) is 0.320. The molecule has 0 saturated carbocycles. The van der Waals surface area contributed by atoms with Gasteiger partial charge in [0, 0.05) is 23.9 Å². The van der Waals surface area contributed by atoms with Crippen LogP contribution in [-0.4, -0.2) is 42.4 Å². The van der Waals surface area contributed by atoms with Crippen LogP contribution in [0.3, 0.4) is 0 Å². The van der Waals surface area contributed by atoms with Crippen molar-refractivity contribution in [2.45, 2.75) is 37.2 Å². The Morgan fingerprint density at radius 3 is 2.69 bits per heavy atom. The summed E-state index contributed by atoms with van der Waals surface area (Å²) in [6.07, 6.45) is 6.44. The predicted molar refractivity (Wildman–Crippen MR) is 136 cm³/mol. The van der Waals surface area contributed by atoms with E-state index in [9.17, 15) is 4.79 Å². The number of hydrogen-bond donors (Lipinski definition) is 2. The predicted octanol–water partition coefficient (Wildman–Crippen LogP) is 4.55. The number of aromatic nitrogens is 3. The molecule has 1 amide bonds. The summed E-state index contributed by atoms with van der Waals surface area (Å²) in [7, 11) is 4.65. The Morgan fingerprint density at radius 1 is 1.11 bits per heavy atom. The summed E-state index contributed by atoms with van der Waals surface area (Å²) < 4.78 is 26.6. The van der Waals surface area contributed by atoms with Crippen molar-refractivity contribution < 1.29 is 23.5 Å². The monoisotopic (exact) mass is 509 g/mol. The minimum atomic E-state index is -0.489. The van der Waals surface area contributed by atoms with Gasteiger partial charge in [-0.15, -0.1) is 0 Å². The van der Waals surface area contributed by atoms with Gasteiger partial charge >= 0.3 is 6.09 Å². The van der Waals surface area contributed by atoms with Crippen LogP contribution in [-0.2, 0) is 30.7 Å². The molecular formula is C25H27N5O5S. The second-order valence-electron chi connectivity index (χ2n) is 8.41. The van der Waals surface area contributed by atoms with Crippen molar-refractivity contribution in [1.29, 1.82) is 0 Å². The van der Waals surface area contributed by atoms with E-state index in [1.807, 2.05) is 18.3 Å². The number of nitrogens with zero attached hydrogens (tertiary/aromatic N) is 3. The van der Waals surface area contributed by atoms with Crippen molar-refractivity contribution in [2.75, 3.05) is 26.1 Å². The van der Waals surface area contributed by atoms with Gasteiger partial charge in [0.1, 0.15) is 11.5 Å². The number of rotatable bonds is 9. The van der Waals surface area contributed by atoms with Crippen molar-refractivity contribution in [1.82, 2.24) is 20.3 Å². The van der Waals surface area contributed by atoms with E-state index in [4.69, 9.17) is 14.0 Å². The molecule has 2 aromatic heterocycles. The van der Waals surface area contributed by atoms with Crippen molar-refractivity contribution in [3.05, 3.63) is 58.9 Å². The van der Waals surface area contributed by atoms with E-state index in [1.165, 1.54) is 36.6 Å². The summed E-state index contributed by atoms with van der Waals surface area (Å²) in [6, 6.07) is 8.14. The summed E-state index contributed by atoms with van der Waals surface area (Å²) in [4.78, 5) is 12.3. The average molecular weight is 510 g/mol. The number of aryl methyl sites for hydroxylation is 2. The molecule has 2 N–H and O–H groups in total. The Morgan fingerprint density at radius 2 is 1.92 bits per heavy atom. The van der Waals surface area contributed by atoms with E-state index >= 15 is 0 Å². The molecule has 2 heterocycles. The molecule has 1 aliphatic rings. The zero-order valence-electron chi connectivity index (χ0n) is 20.3. The van der Waals surface area contributed by atoms with Crippen LogP contribution in [0.1, 0.15) is 28.7 Å². The highest BCUT2D eigenvalue weighted by Gasteiger charge is 2.18. The molecule has 1 aliphatic carbocycles. The Kier molecular flexibility index (Phi) is 6.90. The van der Waals surface area contributed by atoms with Crippen molar-refractivity contribution in [3.63, 3.8) is 0 Å². The SMILES string of the molecule is COC(=O)NCc1cnn(Cc2cc3onc(NSc4cc5c(cc4OC)CCC5)c3cc2OC)c1. The molecule has 188 valence electrons. The van der Waals surface area contributed by atoms with Crippen LogP contribution in [0.25, 0.3) is 11.0 Å². The first kappa shape index (κ1) is 23.9. The van der Waals surface area contributed by atoms with E-state index in [-0.39, 0.29) is 0 Å². The number of nitrogens with one attached hydrogen (secondary N) is 2. The lowest BCUT2D eigenvalue weighted by atomic mass is 10.1. The average Bonchev–Trinajstić information content (AvgIpc) is 3.64. The summed E-state index contributed by atoms with van der Waals surface area (Å²) >= 11 is 1.45. The van der Waals surface area contributed by atoms with Crippen LogP contribution < -0.4 is 19.5 Å². The zero-order valence-corrected chi connectivity index (χ0v) is 21.1. The summed E-state index contributed by atoms with van der Waals surface area (Å²) in [5.74, 6) is 2.15. The molecule has 4 aromatic rings. The van der Waals surface area contributed by atoms with E-state index in [0.29, 0.717) is 30.2 Å². The lowest BCUT2D eigenvalue weighted by Gasteiger charge is -2.11. The number of benzene rings is 2. The highest BCUT2D eigenvalue weighted by Crippen LogP contribution is 2.38. The van der Waals surface area contributed by atoms with Gasteiger partial charge in [-0.25, -0.2) is 4.79 Å². The molecule has 36 heavy (non-hydrogen) atoms. The highest BCUT2D eigenvalue weighted by molar-refractivity contribution is 8.00. The van der Waals surface area contributed by atoms with Crippen molar-refractivity contribution >= 4 is 34.8 Å². The van der Waals surface area contributed by atoms with Crippen molar-refractivity contribution in [3.8, 4) is 11.5 Å². The Hall–Kier alpha value is -3.86. The van der Waals surface area contributed by atoms with Crippen LogP contribution >= 0.6 is 11.9 Å². The van der Waals surface area contributed by atoms with Gasteiger partial charge in [0.25, 0.3) is 0 Å². The molecule has 0 unspecified atom stereocenters. The fourth-order valence-corrected chi connectivity index (χ4v) is 5.12. The van der Waals surface area contributed by atoms with Crippen LogP contribution in [0.5, 0.6) is 11.5 Å². The maximum Gasteiger partial charge on any atom is 0.407 e. The van der Waals surface area contributed by atoms with Gasteiger partial charge in [0.2, 0.25) is 0 Å². The molecule has 0 atom stereocenters. The van der Waals surface area contributed by atoms with Crippen LogP contribution in [0.4, 0.5) is 10.6 Å². The molecule has 11 heteroatoms. The van der Waals surface area contributed by atoms with Gasteiger partial charge in [-0.3, -0.25) is 4.68 Å². The largest absolute Gasteiger partial charge is 0.496 e. The number of alkyl carbamates (subject to hydrolysis) is 1. The number of anilines is 1. The molecular weight excluding hydrogens is 482 g/mol. The first-order valence-corrected chi connectivity index (χ1v) is 12.3. The number of methoxy groups -OCH3 is 3. The van der Waals surface area contributed by atoms with E-state index in [2.05, 4.69) is 37.2 Å². The summed E-state index contributed by atoms with van der Waals surface area (Å²) in [6.45, 7) is 0.786. The molecule has 5 rings (SSSR count). The maximum absolute atomic E-state index is 11.3. The number of carbonyl (C=O) groups is 1. The van der Waals surface area contributed by atoms with E-state index in [0.717, 1.165) is 40.0 Å². The number of ether oxygens (including phenoxy) is 3. The highest BCUT2D eigenvalue weighted by atomic mass is 32.2. The molecule has 0 saturated heterocycles. The molecule has 0 spiro atoms. The quantitative estimate of drug-likeness (QED) is 0.314. The molecule has 10 nitrogen and oxygen atoms in total. The number of carbonyl (C=O) groups excluding carboxylic acids is 1. The summed E-state index contributed by atoms with van der Waals surface area (Å²) in [5, 5.41) is 12.1. The molecule has 0 radical (unpaired) electrons. The minimum Gasteiger partial charge on any atom is -0.496 e. The number of amides is 1. The van der Waals surface area contributed by atoms with Gasteiger partial charge in [-0.05, 0) is 66.6 Å². The smallest absolute Gasteiger partial charge is 0.407 e. The lowest BCUT2D eigenvalue weighted by molar-refractivity contribution is 0.170. The standard InChI is InChI=1S/C25H27N5O5S/c1-32-20-10-19-21(8-18(20)14-30-13-15(12-27-30)11-26-25(31)34-3)35-28-24(19)29-36-23-9-17-6-4-5-16(17)7-22(23)33-2/h7-10,12-13H,4-6,11,14H2,1-3H3,(H,26,31)(H,28,29). The third kappa shape index (κ3) is 4.92. The Bertz CT molecular complexity index is 1400. The molecule has 0 bridgehead atoms. The second kappa shape index (κ2) is 10.4. The third-order valence-electron chi connectivity index (χ3n) is 6.15. The molecule has 0 fully saturated rings. The van der Waals surface area contributed by atoms with E-state index in [1.54, 1.807) is 25.1 Å². The van der Waals surface area contributed by atoms with Gasteiger partial charge in [-0.2, -0.15) is 5.10 Å². The second-order valence-corrected chi connectivity index (χ2v) is 9.26. The third-order valence-corrected chi connectivity index (χ3v) is 6.98.